The molecule has 6 nitrogen and oxygen atoms in total. The summed E-state index contributed by atoms with van der Waals surface area (Å²) in [5.41, 5.74) is 3.31. The first kappa shape index (κ1) is 13.4. The number of nitrogens with zero attached hydrogens (tertiary/aromatic N) is 4. The van der Waals surface area contributed by atoms with Crippen LogP contribution in [0.25, 0.3) is 5.52 Å². The molecule has 0 aliphatic carbocycles. The van der Waals surface area contributed by atoms with Crippen molar-refractivity contribution in [2.75, 3.05) is 6.54 Å². The maximum Gasteiger partial charge on any atom is 0.255 e. The third kappa shape index (κ3) is 2.65. The molecule has 0 bridgehead atoms. The van der Waals surface area contributed by atoms with Gasteiger partial charge in [-0.15, -0.1) is 0 Å². The number of carbonyl (C=O) groups is 1. The Balaban J connectivity index is 1.71. The van der Waals surface area contributed by atoms with E-state index < -0.39 is 0 Å². The molecule has 0 saturated carbocycles. The van der Waals surface area contributed by atoms with Crippen molar-refractivity contribution in [3.05, 3.63) is 53.6 Å². The summed E-state index contributed by atoms with van der Waals surface area (Å²) >= 11 is 0. The normalized spacial score (nSPS) is 11.0. The largest absolute Gasteiger partial charge is 0.352 e. The van der Waals surface area contributed by atoms with Gasteiger partial charge in [-0.3, -0.25) is 9.48 Å². The van der Waals surface area contributed by atoms with Gasteiger partial charge in [-0.2, -0.15) is 10.2 Å². The van der Waals surface area contributed by atoms with Crippen LogP contribution in [0.5, 0.6) is 0 Å². The molecule has 3 aromatic rings. The number of carbonyl (C=O) groups excluding carboxylic acids is 1. The zero-order chi connectivity index (χ0) is 14.8. The summed E-state index contributed by atoms with van der Waals surface area (Å²) in [4.78, 5) is 12.4. The van der Waals surface area contributed by atoms with E-state index in [2.05, 4.69) is 15.5 Å². The van der Waals surface area contributed by atoms with Crippen LogP contribution in [-0.2, 0) is 13.5 Å². The van der Waals surface area contributed by atoms with Gasteiger partial charge in [-0.25, -0.2) is 4.52 Å². The second-order valence-electron chi connectivity index (χ2n) is 5.02. The Bertz CT molecular complexity index is 786. The molecule has 0 fully saturated rings. The number of amides is 1. The molecule has 0 spiro atoms. The van der Waals surface area contributed by atoms with Crippen molar-refractivity contribution in [1.82, 2.24) is 24.7 Å². The lowest BCUT2D eigenvalue weighted by Crippen LogP contribution is -2.26. The maximum absolute atomic E-state index is 12.4. The fourth-order valence-corrected chi connectivity index (χ4v) is 2.41. The Labute approximate surface area is 122 Å². The van der Waals surface area contributed by atoms with Crippen molar-refractivity contribution < 1.29 is 4.79 Å². The second kappa shape index (κ2) is 5.40. The van der Waals surface area contributed by atoms with E-state index in [1.54, 1.807) is 9.20 Å². The van der Waals surface area contributed by atoms with Crippen LogP contribution < -0.4 is 5.32 Å². The molecule has 0 unspecified atom stereocenters. The molecular formula is C15H17N5O. The smallest absolute Gasteiger partial charge is 0.255 e. The SMILES string of the molecule is Cc1nn2ccccc2c1C(=O)NCCc1cnn(C)c1. The Morgan fingerprint density at radius 3 is 3.00 bits per heavy atom. The van der Waals surface area contributed by atoms with E-state index in [1.807, 2.05) is 50.8 Å². The standard InChI is InChI=1S/C15H17N5O/c1-11-14(13-5-3-4-8-20(13)18-11)15(21)16-7-6-12-9-17-19(2)10-12/h3-5,8-10H,6-7H2,1-2H3,(H,16,21). The fraction of sp³-hybridized carbons (Fsp3) is 0.267. The highest BCUT2D eigenvalue weighted by molar-refractivity contribution is 6.01. The summed E-state index contributed by atoms with van der Waals surface area (Å²) in [6, 6.07) is 5.70. The summed E-state index contributed by atoms with van der Waals surface area (Å²) in [5, 5.41) is 11.4. The summed E-state index contributed by atoms with van der Waals surface area (Å²) in [7, 11) is 1.88. The Morgan fingerprint density at radius 1 is 1.38 bits per heavy atom. The molecule has 3 rings (SSSR count). The van der Waals surface area contributed by atoms with E-state index in [-0.39, 0.29) is 5.91 Å². The molecule has 108 valence electrons. The second-order valence-corrected chi connectivity index (χ2v) is 5.02. The number of aromatic nitrogens is 4. The first-order valence-corrected chi connectivity index (χ1v) is 6.85. The number of fused-ring (bicyclic) bond motifs is 1. The van der Waals surface area contributed by atoms with Crippen molar-refractivity contribution in [2.45, 2.75) is 13.3 Å². The van der Waals surface area contributed by atoms with Crippen LogP contribution in [0, 0.1) is 6.92 Å². The maximum atomic E-state index is 12.4. The first-order valence-electron chi connectivity index (χ1n) is 6.85. The van der Waals surface area contributed by atoms with Gasteiger partial charge >= 0.3 is 0 Å². The van der Waals surface area contributed by atoms with Crippen molar-refractivity contribution >= 4 is 11.4 Å². The molecular weight excluding hydrogens is 266 g/mol. The average Bonchev–Trinajstić information content (AvgIpc) is 3.01. The van der Waals surface area contributed by atoms with Gasteiger partial charge < -0.3 is 5.32 Å². The molecule has 0 saturated heterocycles. The number of pyridine rings is 1. The third-order valence-electron chi connectivity index (χ3n) is 3.40. The lowest BCUT2D eigenvalue weighted by atomic mass is 10.2. The molecule has 0 aliphatic heterocycles. The highest BCUT2D eigenvalue weighted by atomic mass is 16.1. The number of hydrogen-bond donors (Lipinski definition) is 1. The Morgan fingerprint density at radius 2 is 2.24 bits per heavy atom. The third-order valence-corrected chi connectivity index (χ3v) is 3.40. The van der Waals surface area contributed by atoms with Gasteiger partial charge in [0.2, 0.25) is 0 Å². The minimum absolute atomic E-state index is 0.0856. The summed E-state index contributed by atoms with van der Waals surface area (Å²) < 4.78 is 3.48. The molecule has 3 aromatic heterocycles. The highest BCUT2D eigenvalue weighted by Gasteiger charge is 2.16. The highest BCUT2D eigenvalue weighted by Crippen LogP contribution is 2.14. The topological polar surface area (TPSA) is 64.2 Å². The summed E-state index contributed by atoms with van der Waals surface area (Å²) in [6.45, 7) is 2.43. The van der Waals surface area contributed by atoms with Crippen LogP contribution >= 0.6 is 0 Å². The first-order chi connectivity index (χ1) is 10.1. The van der Waals surface area contributed by atoms with Crippen LogP contribution in [0.4, 0.5) is 0 Å². The average molecular weight is 283 g/mol. The summed E-state index contributed by atoms with van der Waals surface area (Å²) in [5.74, 6) is -0.0856. The van der Waals surface area contributed by atoms with Gasteiger partial charge in [-0.05, 0) is 31.0 Å². The van der Waals surface area contributed by atoms with Gasteiger partial charge in [0.1, 0.15) is 0 Å². The molecule has 1 amide bonds. The van der Waals surface area contributed by atoms with Crippen LogP contribution in [0.3, 0.4) is 0 Å². The Hall–Kier alpha value is -2.63. The molecule has 21 heavy (non-hydrogen) atoms. The number of aryl methyl sites for hydroxylation is 2. The predicted octanol–water partition coefficient (Wildman–Crippen LogP) is 1.35. The van der Waals surface area contributed by atoms with E-state index in [9.17, 15) is 4.79 Å². The van der Waals surface area contributed by atoms with Gasteiger partial charge in [0, 0.05) is 26.0 Å². The van der Waals surface area contributed by atoms with E-state index in [4.69, 9.17) is 0 Å². The van der Waals surface area contributed by atoms with Crippen molar-refractivity contribution in [3.63, 3.8) is 0 Å². The molecule has 0 atom stereocenters. The molecule has 1 N–H and O–H groups in total. The van der Waals surface area contributed by atoms with Crippen molar-refractivity contribution in [3.8, 4) is 0 Å². The van der Waals surface area contributed by atoms with Crippen LogP contribution in [0.2, 0.25) is 0 Å². The van der Waals surface area contributed by atoms with E-state index in [1.165, 1.54) is 0 Å². The van der Waals surface area contributed by atoms with Gasteiger partial charge in [0.25, 0.3) is 5.91 Å². The van der Waals surface area contributed by atoms with E-state index in [0.717, 1.165) is 23.2 Å². The lowest BCUT2D eigenvalue weighted by molar-refractivity contribution is 0.0955. The molecule has 0 radical (unpaired) electrons. The predicted molar refractivity (Wildman–Crippen MR) is 79.2 cm³/mol. The summed E-state index contributed by atoms with van der Waals surface area (Å²) in [6.07, 6.45) is 6.37. The molecule has 6 heteroatoms. The van der Waals surface area contributed by atoms with Crippen molar-refractivity contribution in [1.29, 1.82) is 0 Å². The quantitative estimate of drug-likeness (QED) is 0.786. The minimum Gasteiger partial charge on any atom is -0.352 e. The molecule has 0 aliphatic rings. The van der Waals surface area contributed by atoms with E-state index >= 15 is 0 Å². The zero-order valence-corrected chi connectivity index (χ0v) is 12.1. The van der Waals surface area contributed by atoms with Gasteiger partial charge in [-0.1, -0.05) is 6.07 Å². The molecule has 3 heterocycles. The monoisotopic (exact) mass is 283 g/mol. The number of rotatable bonds is 4. The van der Waals surface area contributed by atoms with Gasteiger partial charge in [0.05, 0.1) is 23.0 Å². The van der Waals surface area contributed by atoms with Crippen LogP contribution in [0.15, 0.2) is 36.8 Å². The number of nitrogens with one attached hydrogen (secondary N) is 1. The van der Waals surface area contributed by atoms with E-state index in [0.29, 0.717) is 12.1 Å². The fourth-order valence-electron chi connectivity index (χ4n) is 2.41. The Kier molecular flexibility index (Phi) is 3.43. The number of hydrogen-bond acceptors (Lipinski definition) is 3. The van der Waals surface area contributed by atoms with Crippen LogP contribution in [-0.4, -0.2) is 31.8 Å². The van der Waals surface area contributed by atoms with Crippen LogP contribution in [0.1, 0.15) is 21.6 Å². The van der Waals surface area contributed by atoms with Crippen molar-refractivity contribution in [2.24, 2.45) is 7.05 Å². The zero-order valence-electron chi connectivity index (χ0n) is 12.1. The lowest BCUT2D eigenvalue weighted by Gasteiger charge is -2.04. The minimum atomic E-state index is -0.0856. The molecule has 0 aromatic carbocycles. The van der Waals surface area contributed by atoms with Gasteiger partial charge in [0.15, 0.2) is 0 Å².